The summed E-state index contributed by atoms with van der Waals surface area (Å²) in [6, 6.07) is 7.53. The van der Waals surface area contributed by atoms with Gasteiger partial charge in [-0.2, -0.15) is 4.98 Å². The van der Waals surface area contributed by atoms with E-state index < -0.39 is 0 Å². The molecule has 0 amide bonds. The third-order valence-corrected chi connectivity index (χ3v) is 3.70. The van der Waals surface area contributed by atoms with Crippen molar-refractivity contribution in [1.82, 2.24) is 10.1 Å². The Morgan fingerprint density at radius 3 is 3.10 bits per heavy atom. The molecule has 1 aromatic carbocycles. The van der Waals surface area contributed by atoms with Crippen molar-refractivity contribution in [2.24, 2.45) is 0 Å². The van der Waals surface area contributed by atoms with Crippen molar-refractivity contribution in [3.05, 3.63) is 41.0 Å². The van der Waals surface area contributed by atoms with Gasteiger partial charge in [0.25, 0.3) is 0 Å². The topological polar surface area (TPSA) is 60.2 Å². The minimum atomic E-state index is 0.227. The largest absolute Gasteiger partial charge is 0.378 e. The fourth-order valence-corrected chi connectivity index (χ4v) is 2.58. The Hall–Kier alpha value is -1.59. The lowest BCUT2D eigenvalue weighted by Crippen LogP contribution is -2.21. The van der Waals surface area contributed by atoms with E-state index in [9.17, 15) is 0 Å². The van der Waals surface area contributed by atoms with Gasteiger partial charge in [-0.05, 0) is 37.5 Å². The van der Waals surface area contributed by atoms with E-state index in [2.05, 4.69) is 15.5 Å². The van der Waals surface area contributed by atoms with Crippen molar-refractivity contribution in [3.63, 3.8) is 0 Å². The lowest BCUT2D eigenvalue weighted by molar-refractivity contribution is 0.0153. The first-order chi connectivity index (χ1) is 10.3. The van der Waals surface area contributed by atoms with Crippen LogP contribution in [-0.4, -0.2) is 22.9 Å². The molecule has 2 aromatic rings. The number of benzene rings is 1. The third-order valence-electron chi connectivity index (χ3n) is 3.46. The molecule has 3 rings (SSSR count). The number of halogens is 1. The van der Waals surface area contributed by atoms with Crippen molar-refractivity contribution in [3.8, 4) is 0 Å². The van der Waals surface area contributed by atoms with Gasteiger partial charge >= 0.3 is 0 Å². The first kappa shape index (κ1) is 14.4. The molecule has 1 N–H and O–H groups in total. The average Bonchev–Trinajstić information content (AvgIpc) is 2.94. The molecule has 1 saturated heterocycles. The number of aromatic nitrogens is 2. The van der Waals surface area contributed by atoms with Crippen molar-refractivity contribution < 1.29 is 9.26 Å². The number of ether oxygens (including phenoxy) is 1. The van der Waals surface area contributed by atoms with E-state index in [4.69, 9.17) is 20.9 Å². The smallest absolute Gasteiger partial charge is 0.245 e. The molecule has 0 spiro atoms. The molecular weight excluding hydrogens is 290 g/mol. The first-order valence-electron chi connectivity index (χ1n) is 7.22. The Kier molecular flexibility index (Phi) is 4.72. The van der Waals surface area contributed by atoms with E-state index in [-0.39, 0.29) is 6.10 Å². The molecule has 1 unspecified atom stereocenters. The zero-order valence-corrected chi connectivity index (χ0v) is 12.5. The van der Waals surface area contributed by atoms with Crippen LogP contribution in [0.4, 0.5) is 5.69 Å². The molecule has 2 heterocycles. The zero-order chi connectivity index (χ0) is 14.5. The molecule has 0 radical (unpaired) electrons. The summed E-state index contributed by atoms with van der Waals surface area (Å²) in [5.41, 5.74) is 0.929. The second-order valence-electron chi connectivity index (χ2n) is 5.16. The van der Waals surface area contributed by atoms with Crippen LogP contribution in [0, 0.1) is 0 Å². The summed E-state index contributed by atoms with van der Waals surface area (Å²) in [5.74, 6) is 1.28. The molecule has 1 aromatic heterocycles. The van der Waals surface area contributed by atoms with Crippen molar-refractivity contribution >= 4 is 17.3 Å². The number of rotatable bonds is 5. The van der Waals surface area contributed by atoms with Gasteiger partial charge in [0.15, 0.2) is 5.82 Å². The molecule has 1 fully saturated rings. The van der Waals surface area contributed by atoms with Gasteiger partial charge in [-0.25, -0.2) is 0 Å². The van der Waals surface area contributed by atoms with Crippen LogP contribution in [0.25, 0.3) is 0 Å². The monoisotopic (exact) mass is 307 g/mol. The summed E-state index contributed by atoms with van der Waals surface area (Å²) in [7, 11) is 0. The summed E-state index contributed by atoms with van der Waals surface area (Å²) in [4.78, 5) is 4.39. The number of nitrogens with one attached hydrogen (secondary N) is 1. The van der Waals surface area contributed by atoms with Gasteiger partial charge in [-0.1, -0.05) is 22.8 Å². The molecule has 0 saturated carbocycles. The van der Waals surface area contributed by atoms with E-state index in [1.54, 1.807) is 0 Å². The molecule has 1 aliphatic heterocycles. The molecule has 21 heavy (non-hydrogen) atoms. The van der Waals surface area contributed by atoms with Crippen LogP contribution in [0.15, 0.2) is 28.8 Å². The van der Waals surface area contributed by atoms with Crippen molar-refractivity contribution in [1.29, 1.82) is 0 Å². The minimum Gasteiger partial charge on any atom is -0.378 e. The van der Waals surface area contributed by atoms with E-state index in [1.165, 1.54) is 6.42 Å². The quantitative estimate of drug-likeness (QED) is 0.917. The predicted octanol–water partition coefficient (Wildman–Crippen LogP) is 3.45. The second-order valence-corrected chi connectivity index (χ2v) is 5.60. The van der Waals surface area contributed by atoms with E-state index >= 15 is 0 Å². The predicted molar refractivity (Wildman–Crippen MR) is 80.4 cm³/mol. The van der Waals surface area contributed by atoms with Crippen LogP contribution in [0.1, 0.15) is 31.0 Å². The van der Waals surface area contributed by atoms with E-state index in [0.717, 1.165) is 31.6 Å². The van der Waals surface area contributed by atoms with Gasteiger partial charge in [0.05, 0.1) is 12.6 Å². The Balaban J connectivity index is 1.52. The van der Waals surface area contributed by atoms with Gasteiger partial charge in [-0.3, -0.25) is 0 Å². The van der Waals surface area contributed by atoms with Gasteiger partial charge < -0.3 is 14.6 Å². The molecule has 5 nitrogen and oxygen atoms in total. The Morgan fingerprint density at radius 2 is 2.29 bits per heavy atom. The highest BCUT2D eigenvalue weighted by Gasteiger charge is 2.17. The normalized spacial score (nSPS) is 18.6. The summed E-state index contributed by atoms with van der Waals surface area (Å²) < 4.78 is 10.9. The van der Waals surface area contributed by atoms with Crippen LogP contribution >= 0.6 is 11.6 Å². The van der Waals surface area contributed by atoms with Gasteiger partial charge in [0.2, 0.25) is 5.89 Å². The summed E-state index contributed by atoms with van der Waals surface area (Å²) in [5, 5.41) is 7.91. The standard InChI is InChI=1S/C15H18ClN3O2/c16-11-4-3-5-12(8-11)17-10-15-18-14(19-21-15)9-13-6-1-2-7-20-13/h3-5,8,13,17H,1-2,6-7,9-10H2. The molecule has 1 aliphatic rings. The lowest BCUT2D eigenvalue weighted by Gasteiger charge is -2.20. The SMILES string of the molecule is Clc1cccc(NCc2nc(CC3CCCCO3)no2)c1. The van der Waals surface area contributed by atoms with Gasteiger partial charge in [-0.15, -0.1) is 0 Å². The highest BCUT2D eigenvalue weighted by atomic mass is 35.5. The molecule has 0 aliphatic carbocycles. The van der Waals surface area contributed by atoms with Crippen LogP contribution in [0.3, 0.4) is 0 Å². The highest BCUT2D eigenvalue weighted by molar-refractivity contribution is 6.30. The Bertz CT molecular complexity index is 582. The summed E-state index contributed by atoms with van der Waals surface area (Å²) >= 11 is 5.93. The van der Waals surface area contributed by atoms with Crippen LogP contribution < -0.4 is 5.32 Å². The van der Waals surface area contributed by atoms with E-state index in [0.29, 0.717) is 23.3 Å². The van der Waals surface area contributed by atoms with E-state index in [1.807, 2.05) is 24.3 Å². The van der Waals surface area contributed by atoms with Crippen LogP contribution in [0.5, 0.6) is 0 Å². The van der Waals surface area contributed by atoms with Crippen molar-refractivity contribution in [2.75, 3.05) is 11.9 Å². The molecular formula is C15H18ClN3O2. The first-order valence-corrected chi connectivity index (χ1v) is 7.60. The molecule has 1 atom stereocenters. The maximum Gasteiger partial charge on any atom is 0.245 e. The molecule has 6 heteroatoms. The average molecular weight is 308 g/mol. The molecule has 112 valence electrons. The number of hydrogen-bond acceptors (Lipinski definition) is 5. The number of nitrogens with zero attached hydrogens (tertiary/aromatic N) is 2. The van der Waals surface area contributed by atoms with Crippen LogP contribution in [-0.2, 0) is 17.7 Å². The lowest BCUT2D eigenvalue weighted by atomic mass is 10.1. The maximum absolute atomic E-state index is 5.93. The van der Waals surface area contributed by atoms with Gasteiger partial charge in [0.1, 0.15) is 0 Å². The third kappa shape index (κ3) is 4.19. The number of hydrogen-bond donors (Lipinski definition) is 1. The summed E-state index contributed by atoms with van der Waals surface area (Å²) in [6.45, 7) is 1.32. The zero-order valence-electron chi connectivity index (χ0n) is 11.7. The Morgan fingerprint density at radius 1 is 1.33 bits per heavy atom. The Labute approximate surface area is 128 Å². The van der Waals surface area contributed by atoms with Crippen LogP contribution in [0.2, 0.25) is 5.02 Å². The highest BCUT2D eigenvalue weighted by Crippen LogP contribution is 2.17. The maximum atomic E-state index is 5.93. The number of anilines is 1. The fraction of sp³-hybridized carbons (Fsp3) is 0.467. The van der Waals surface area contributed by atoms with Crippen molar-refractivity contribution in [2.45, 2.75) is 38.3 Å². The summed E-state index contributed by atoms with van der Waals surface area (Å²) in [6.07, 6.45) is 4.39. The molecule has 0 bridgehead atoms. The second kappa shape index (κ2) is 6.91. The fourth-order valence-electron chi connectivity index (χ4n) is 2.39. The minimum absolute atomic E-state index is 0.227. The van der Waals surface area contributed by atoms with Gasteiger partial charge in [0, 0.05) is 23.7 Å².